The van der Waals surface area contributed by atoms with Gasteiger partial charge in [-0.1, -0.05) is 26.8 Å². The molecule has 1 aliphatic carbocycles. The van der Waals surface area contributed by atoms with Gasteiger partial charge in [0, 0.05) is 0 Å². The summed E-state index contributed by atoms with van der Waals surface area (Å²) in [6.45, 7) is 6.66. The zero-order chi connectivity index (χ0) is 10.3. The second kappa shape index (κ2) is 3.30. The van der Waals surface area contributed by atoms with Crippen LogP contribution >= 0.6 is 0 Å². The summed E-state index contributed by atoms with van der Waals surface area (Å²) in [4.78, 5) is 0. The molecule has 0 aliphatic heterocycles. The number of rotatable bonds is 2. The van der Waals surface area contributed by atoms with E-state index < -0.39 is 0 Å². The predicted molar refractivity (Wildman–Crippen MR) is 58.7 cm³/mol. The average Bonchev–Trinajstić information content (AvgIpc) is 2.82. The Morgan fingerprint density at radius 3 is 2.50 bits per heavy atom. The highest BCUT2D eigenvalue weighted by molar-refractivity contribution is 5.41. The molecule has 1 fully saturated rings. The molecular weight excluding hydrogens is 172 g/mol. The van der Waals surface area contributed by atoms with Crippen molar-refractivity contribution in [2.75, 3.05) is 0 Å². The van der Waals surface area contributed by atoms with Crippen molar-refractivity contribution in [2.45, 2.75) is 39.0 Å². The molecule has 1 N–H and O–H groups in total. The number of benzene rings is 1. The van der Waals surface area contributed by atoms with E-state index in [0.717, 1.165) is 11.8 Å². The lowest BCUT2D eigenvalue weighted by Crippen LogP contribution is -1.95. The zero-order valence-corrected chi connectivity index (χ0v) is 9.12. The van der Waals surface area contributed by atoms with Gasteiger partial charge in [-0.25, -0.2) is 0 Å². The van der Waals surface area contributed by atoms with Gasteiger partial charge in [-0.2, -0.15) is 0 Å². The minimum absolute atomic E-state index is 0.394. The van der Waals surface area contributed by atoms with Crippen LogP contribution in [0.3, 0.4) is 0 Å². The smallest absolute Gasteiger partial charge is 0.115 e. The second-order valence-electron chi connectivity index (χ2n) is 4.79. The first-order chi connectivity index (χ1) is 6.59. The summed E-state index contributed by atoms with van der Waals surface area (Å²) in [6, 6.07) is 5.83. The number of hydrogen-bond acceptors (Lipinski definition) is 1. The van der Waals surface area contributed by atoms with Crippen molar-refractivity contribution in [1.82, 2.24) is 0 Å². The van der Waals surface area contributed by atoms with Crippen LogP contribution in [-0.4, -0.2) is 5.11 Å². The van der Waals surface area contributed by atoms with E-state index in [4.69, 9.17) is 0 Å². The summed E-state index contributed by atoms with van der Waals surface area (Å²) in [7, 11) is 0. The van der Waals surface area contributed by atoms with Crippen molar-refractivity contribution < 1.29 is 5.11 Å². The fourth-order valence-corrected chi connectivity index (χ4v) is 2.16. The summed E-state index contributed by atoms with van der Waals surface area (Å²) in [5, 5.41) is 9.45. The fourth-order valence-electron chi connectivity index (χ4n) is 2.16. The molecule has 14 heavy (non-hydrogen) atoms. The van der Waals surface area contributed by atoms with E-state index >= 15 is 0 Å². The highest BCUT2D eigenvalue weighted by Crippen LogP contribution is 2.49. The molecule has 1 heteroatoms. The molecule has 0 spiro atoms. The SMILES string of the molecule is CC(C)c1cc(O)ccc1[C@@H]1C[C@H]1C. The van der Waals surface area contributed by atoms with Crippen LogP contribution in [0.15, 0.2) is 18.2 Å². The van der Waals surface area contributed by atoms with Crippen molar-refractivity contribution in [3.63, 3.8) is 0 Å². The Labute approximate surface area is 85.8 Å². The van der Waals surface area contributed by atoms with E-state index in [1.165, 1.54) is 17.5 Å². The first-order valence-corrected chi connectivity index (χ1v) is 5.42. The lowest BCUT2D eigenvalue weighted by Gasteiger charge is -2.12. The molecule has 0 unspecified atom stereocenters. The predicted octanol–water partition coefficient (Wildman–Crippen LogP) is 3.64. The average molecular weight is 190 g/mol. The number of aromatic hydroxyl groups is 1. The Hall–Kier alpha value is -0.980. The molecule has 76 valence electrons. The number of phenols is 1. The zero-order valence-electron chi connectivity index (χ0n) is 9.12. The Morgan fingerprint density at radius 1 is 1.36 bits per heavy atom. The molecule has 1 aliphatic rings. The second-order valence-corrected chi connectivity index (χ2v) is 4.79. The first kappa shape index (κ1) is 9.57. The van der Waals surface area contributed by atoms with Crippen LogP contribution in [0.4, 0.5) is 0 Å². The van der Waals surface area contributed by atoms with Gasteiger partial charge in [0.2, 0.25) is 0 Å². The number of phenolic OH excluding ortho intramolecular Hbond substituents is 1. The summed E-state index contributed by atoms with van der Waals surface area (Å²) in [6.07, 6.45) is 1.31. The minimum Gasteiger partial charge on any atom is -0.508 e. The summed E-state index contributed by atoms with van der Waals surface area (Å²) < 4.78 is 0. The molecule has 0 aromatic heterocycles. The van der Waals surface area contributed by atoms with Gasteiger partial charge in [0.25, 0.3) is 0 Å². The van der Waals surface area contributed by atoms with Crippen LogP contribution in [0.1, 0.15) is 50.2 Å². The maximum atomic E-state index is 9.45. The molecule has 0 bridgehead atoms. The van der Waals surface area contributed by atoms with E-state index in [0.29, 0.717) is 11.7 Å². The van der Waals surface area contributed by atoms with Crippen molar-refractivity contribution in [2.24, 2.45) is 5.92 Å². The molecule has 1 aromatic carbocycles. The molecule has 0 heterocycles. The Bertz CT molecular complexity index is 341. The van der Waals surface area contributed by atoms with Crippen LogP contribution in [0.2, 0.25) is 0 Å². The van der Waals surface area contributed by atoms with Gasteiger partial charge in [0.1, 0.15) is 5.75 Å². The van der Waals surface area contributed by atoms with Crippen molar-refractivity contribution in [1.29, 1.82) is 0 Å². The Morgan fingerprint density at radius 2 is 2.00 bits per heavy atom. The fraction of sp³-hybridized carbons (Fsp3) is 0.538. The van der Waals surface area contributed by atoms with E-state index in [1.807, 2.05) is 12.1 Å². The lowest BCUT2D eigenvalue weighted by atomic mass is 9.93. The normalized spacial score (nSPS) is 25.4. The monoisotopic (exact) mass is 190 g/mol. The Kier molecular flexibility index (Phi) is 2.26. The molecular formula is C13H18O. The van der Waals surface area contributed by atoms with Crippen molar-refractivity contribution in [3.05, 3.63) is 29.3 Å². The standard InChI is InChI=1S/C13H18O/c1-8(2)12-7-10(14)4-5-11(12)13-6-9(13)3/h4-5,7-9,13-14H,6H2,1-3H3/t9-,13-/m1/s1. The highest BCUT2D eigenvalue weighted by atomic mass is 16.3. The van der Waals surface area contributed by atoms with Crippen LogP contribution in [0.5, 0.6) is 5.75 Å². The molecule has 2 rings (SSSR count). The van der Waals surface area contributed by atoms with Crippen LogP contribution in [0, 0.1) is 5.92 Å². The molecule has 0 saturated heterocycles. The van der Waals surface area contributed by atoms with Gasteiger partial charge in [-0.05, 0) is 47.4 Å². The molecule has 2 atom stereocenters. The van der Waals surface area contributed by atoms with Crippen LogP contribution in [0.25, 0.3) is 0 Å². The summed E-state index contributed by atoms with van der Waals surface area (Å²) >= 11 is 0. The lowest BCUT2D eigenvalue weighted by molar-refractivity contribution is 0.473. The summed E-state index contributed by atoms with van der Waals surface area (Å²) in [5.41, 5.74) is 2.77. The third-order valence-electron chi connectivity index (χ3n) is 3.20. The van der Waals surface area contributed by atoms with Gasteiger partial charge in [0.05, 0.1) is 0 Å². The van der Waals surface area contributed by atoms with Gasteiger partial charge in [-0.3, -0.25) is 0 Å². The van der Waals surface area contributed by atoms with E-state index in [1.54, 1.807) is 0 Å². The molecule has 0 amide bonds. The maximum absolute atomic E-state index is 9.45. The molecule has 1 nitrogen and oxygen atoms in total. The largest absolute Gasteiger partial charge is 0.508 e. The van der Waals surface area contributed by atoms with Gasteiger partial charge in [-0.15, -0.1) is 0 Å². The van der Waals surface area contributed by atoms with Gasteiger partial charge >= 0.3 is 0 Å². The van der Waals surface area contributed by atoms with Crippen molar-refractivity contribution >= 4 is 0 Å². The van der Waals surface area contributed by atoms with Gasteiger partial charge in [0.15, 0.2) is 0 Å². The van der Waals surface area contributed by atoms with E-state index in [9.17, 15) is 5.11 Å². The van der Waals surface area contributed by atoms with Crippen LogP contribution in [-0.2, 0) is 0 Å². The highest BCUT2D eigenvalue weighted by Gasteiger charge is 2.35. The third kappa shape index (κ3) is 1.63. The van der Waals surface area contributed by atoms with Gasteiger partial charge < -0.3 is 5.11 Å². The number of hydrogen-bond donors (Lipinski definition) is 1. The quantitative estimate of drug-likeness (QED) is 0.755. The molecule has 1 aromatic rings. The Balaban J connectivity index is 2.38. The summed E-state index contributed by atoms with van der Waals surface area (Å²) in [5.74, 6) is 2.47. The third-order valence-corrected chi connectivity index (χ3v) is 3.20. The molecule has 0 radical (unpaired) electrons. The van der Waals surface area contributed by atoms with E-state index in [-0.39, 0.29) is 0 Å². The van der Waals surface area contributed by atoms with Crippen molar-refractivity contribution in [3.8, 4) is 5.75 Å². The van der Waals surface area contributed by atoms with E-state index in [2.05, 4.69) is 26.8 Å². The topological polar surface area (TPSA) is 20.2 Å². The minimum atomic E-state index is 0.394. The maximum Gasteiger partial charge on any atom is 0.115 e. The van der Waals surface area contributed by atoms with Crippen LogP contribution < -0.4 is 0 Å². The first-order valence-electron chi connectivity index (χ1n) is 5.42. The molecule has 1 saturated carbocycles.